The zero-order valence-electron chi connectivity index (χ0n) is 15.2. The topological polar surface area (TPSA) is 66.9 Å². The summed E-state index contributed by atoms with van der Waals surface area (Å²) in [5.41, 5.74) is 2.22. The van der Waals surface area contributed by atoms with Crippen molar-refractivity contribution in [3.05, 3.63) is 41.0 Å². The van der Waals surface area contributed by atoms with E-state index in [1.807, 2.05) is 18.2 Å². The number of carbonyl (C=O) groups excluding carboxylic acids is 3. The number of ketones is 1. The lowest BCUT2D eigenvalue weighted by atomic mass is 9.80. The first-order valence-electron chi connectivity index (χ1n) is 9.71. The number of carbonyl (C=O) groups is 3. The Morgan fingerprint density at radius 1 is 1.04 bits per heavy atom. The fraction of sp³-hybridized carbons (Fsp3) is 0.476. The maximum absolute atomic E-state index is 13.2. The molecule has 0 radical (unpaired) electrons. The molecule has 3 heterocycles. The summed E-state index contributed by atoms with van der Waals surface area (Å²) < 4.78 is 5.33. The van der Waals surface area contributed by atoms with Crippen molar-refractivity contribution in [3.8, 4) is 0 Å². The van der Waals surface area contributed by atoms with E-state index in [0.717, 1.165) is 43.2 Å². The van der Waals surface area contributed by atoms with Gasteiger partial charge in [-0.3, -0.25) is 19.3 Å². The van der Waals surface area contributed by atoms with Gasteiger partial charge in [0.15, 0.2) is 0 Å². The number of Topliss-reactive ketones (excluding diaryl/α,β-unsaturated/α-hetero) is 1. The summed E-state index contributed by atoms with van der Waals surface area (Å²) >= 11 is 0. The van der Waals surface area contributed by atoms with Crippen molar-refractivity contribution in [2.45, 2.75) is 37.6 Å². The lowest BCUT2D eigenvalue weighted by molar-refractivity contribution is -0.143. The monoisotopic (exact) mass is 366 g/mol. The third kappa shape index (κ3) is 2.32. The largest absolute Gasteiger partial charge is 0.378 e. The molecule has 6 heteroatoms. The molecule has 140 valence electrons. The second-order valence-electron chi connectivity index (χ2n) is 7.86. The molecule has 1 aromatic carbocycles. The van der Waals surface area contributed by atoms with Gasteiger partial charge < -0.3 is 9.64 Å². The van der Waals surface area contributed by atoms with E-state index in [2.05, 4.69) is 6.07 Å². The van der Waals surface area contributed by atoms with Crippen LogP contribution in [0.15, 0.2) is 29.8 Å². The SMILES string of the molecule is O=C1C(=O)N2C(=C1C(=O)N1CCOCC1)c1ccccc1CC21CCCC1. The standard InChI is InChI=1S/C21H22N2O4/c24-18-16(19(25)22-9-11-27-12-10-22)17-15-6-2-1-5-14(15)13-21(7-3-4-8-21)23(17)20(18)26/h1-2,5-6H,3-4,7-13H2. The molecule has 3 aliphatic heterocycles. The minimum Gasteiger partial charge on any atom is -0.378 e. The van der Waals surface area contributed by atoms with E-state index in [1.54, 1.807) is 9.80 Å². The summed E-state index contributed by atoms with van der Waals surface area (Å²) in [6, 6.07) is 7.88. The van der Waals surface area contributed by atoms with Crippen LogP contribution in [0.2, 0.25) is 0 Å². The maximum atomic E-state index is 13.2. The molecule has 0 N–H and O–H groups in total. The molecule has 0 aromatic heterocycles. The summed E-state index contributed by atoms with van der Waals surface area (Å²) in [7, 11) is 0. The number of hydrogen-bond acceptors (Lipinski definition) is 4. The molecule has 0 bridgehead atoms. The van der Waals surface area contributed by atoms with Gasteiger partial charge in [-0.25, -0.2) is 0 Å². The van der Waals surface area contributed by atoms with Crippen molar-refractivity contribution in [2.24, 2.45) is 0 Å². The predicted molar refractivity (Wildman–Crippen MR) is 97.5 cm³/mol. The average molecular weight is 366 g/mol. The highest BCUT2D eigenvalue weighted by Gasteiger charge is 2.55. The minimum atomic E-state index is -0.649. The fourth-order valence-electron chi connectivity index (χ4n) is 5.13. The van der Waals surface area contributed by atoms with Crippen molar-refractivity contribution in [3.63, 3.8) is 0 Å². The van der Waals surface area contributed by atoms with Crippen molar-refractivity contribution in [1.82, 2.24) is 9.80 Å². The Balaban J connectivity index is 1.70. The van der Waals surface area contributed by atoms with Gasteiger partial charge >= 0.3 is 0 Å². The van der Waals surface area contributed by atoms with E-state index in [4.69, 9.17) is 4.74 Å². The van der Waals surface area contributed by atoms with Crippen LogP contribution in [0.25, 0.3) is 5.70 Å². The van der Waals surface area contributed by atoms with Gasteiger partial charge in [-0.2, -0.15) is 0 Å². The van der Waals surface area contributed by atoms with Gasteiger partial charge in [0.25, 0.3) is 17.6 Å². The second kappa shape index (κ2) is 6.02. The summed E-state index contributed by atoms with van der Waals surface area (Å²) in [5.74, 6) is -1.51. The van der Waals surface area contributed by atoms with Gasteiger partial charge in [-0.1, -0.05) is 37.1 Å². The first-order chi connectivity index (χ1) is 13.1. The molecule has 0 unspecified atom stereocenters. The highest BCUT2D eigenvalue weighted by Crippen LogP contribution is 2.50. The van der Waals surface area contributed by atoms with Crippen molar-refractivity contribution < 1.29 is 19.1 Å². The highest BCUT2D eigenvalue weighted by molar-refractivity contribution is 6.55. The van der Waals surface area contributed by atoms with Crippen molar-refractivity contribution in [2.75, 3.05) is 26.3 Å². The van der Waals surface area contributed by atoms with Crippen LogP contribution >= 0.6 is 0 Å². The molecule has 1 spiro atoms. The Morgan fingerprint density at radius 3 is 2.48 bits per heavy atom. The third-order valence-corrected chi connectivity index (χ3v) is 6.40. The van der Waals surface area contributed by atoms with Crippen molar-refractivity contribution >= 4 is 23.3 Å². The van der Waals surface area contributed by atoms with E-state index in [1.165, 1.54) is 0 Å². The van der Waals surface area contributed by atoms with Crippen molar-refractivity contribution in [1.29, 1.82) is 0 Å². The molecule has 1 saturated heterocycles. The number of morpholine rings is 1. The van der Waals surface area contributed by atoms with Gasteiger partial charge in [-0.15, -0.1) is 0 Å². The predicted octanol–water partition coefficient (Wildman–Crippen LogP) is 1.54. The third-order valence-electron chi connectivity index (χ3n) is 6.40. The fourth-order valence-corrected chi connectivity index (χ4v) is 5.13. The molecule has 6 nitrogen and oxygen atoms in total. The number of amides is 2. The van der Waals surface area contributed by atoms with Crippen LogP contribution in [0, 0.1) is 0 Å². The molecule has 1 aliphatic carbocycles. The molecule has 1 saturated carbocycles. The van der Waals surface area contributed by atoms with E-state index in [-0.39, 0.29) is 17.0 Å². The molecular formula is C21H22N2O4. The summed E-state index contributed by atoms with van der Waals surface area (Å²) in [5, 5.41) is 0. The average Bonchev–Trinajstić information content (AvgIpc) is 3.26. The Labute approximate surface area is 157 Å². The van der Waals surface area contributed by atoms with Gasteiger partial charge in [0.05, 0.1) is 24.4 Å². The number of hydrogen-bond donors (Lipinski definition) is 0. The van der Waals surface area contributed by atoms with Crippen LogP contribution in [-0.4, -0.2) is 59.2 Å². The Morgan fingerprint density at radius 2 is 1.74 bits per heavy atom. The second-order valence-corrected chi connectivity index (χ2v) is 7.86. The Kier molecular flexibility index (Phi) is 3.72. The van der Waals surface area contributed by atoms with Gasteiger partial charge in [0, 0.05) is 18.7 Å². The highest BCUT2D eigenvalue weighted by atomic mass is 16.5. The van der Waals surface area contributed by atoms with Crippen LogP contribution < -0.4 is 0 Å². The molecule has 0 atom stereocenters. The minimum absolute atomic E-state index is 0.0559. The molecular weight excluding hydrogens is 344 g/mol. The lowest BCUT2D eigenvalue weighted by Gasteiger charge is -2.44. The number of ether oxygens (including phenoxy) is 1. The smallest absolute Gasteiger partial charge is 0.300 e. The summed E-state index contributed by atoms with van der Waals surface area (Å²) in [6.45, 7) is 1.81. The lowest BCUT2D eigenvalue weighted by Crippen LogP contribution is -2.52. The van der Waals surface area contributed by atoms with Crippen LogP contribution in [0.3, 0.4) is 0 Å². The molecule has 27 heavy (non-hydrogen) atoms. The Hall–Kier alpha value is -2.47. The summed E-state index contributed by atoms with van der Waals surface area (Å²) in [4.78, 5) is 42.6. The molecule has 5 rings (SSSR count). The zero-order chi connectivity index (χ0) is 18.6. The first-order valence-corrected chi connectivity index (χ1v) is 9.71. The molecule has 4 aliphatic rings. The number of fused-ring (bicyclic) bond motifs is 4. The van der Waals surface area contributed by atoms with Crippen LogP contribution in [-0.2, 0) is 25.5 Å². The zero-order valence-corrected chi connectivity index (χ0v) is 15.2. The van der Waals surface area contributed by atoms with Crippen LogP contribution in [0.4, 0.5) is 0 Å². The van der Waals surface area contributed by atoms with E-state index in [0.29, 0.717) is 32.0 Å². The maximum Gasteiger partial charge on any atom is 0.300 e. The normalized spacial score (nSPS) is 23.9. The quantitative estimate of drug-likeness (QED) is 0.559. The Bertz CT molecular complexity index is 876. The van der Waals surface area contributed by atoms with Gasteiger partial charge in [0.1, 0.15) is 5.57 Å². The van der Waals surface area contributed by atoms with E-state index < -0.39 is 11.7 Å². The van der Waals surface area contributed by atoms with Gasteiger partial charge in [-0.05, 0) is 24.8 Å². The van der Waals surface area contributed by atoms with E-state index in [9.17, 15) is 14.4 Å². The number of nitrogens with zero attached hydrogens (tertiary/aromatic N) is 2. The molecule has 2 amide bonds. The van der Waals surface area contributed by atoms with Crippen LogP contribution in [0.1, 0.15) is 36.8 Å². The van der Waals surface area contributed by atoms with Crippen LogP contribution in [0.5, 0.6) is 0 Å². The van der Waals surface area contributed by atoms with Gasteiger partial charge in [0.2, 0.25) is 0 Å². The molecule has 1 aromatic rings. The first kappa shape index (κ1) is 16.7. The van der Waals surface area contributed by atoms with E-state index >= 15 is 0 Å². The summed E-state index contributed by atoms with van der Waals surface area (Å²) in [6.07, 6.45) is 4.59. The molecule has 2 fully saturated rings. The number of rotatable bonds is 1. The number of benzene rings is 1.